The minimum absolute atomic E-state index is 0. The van der Waals surface area contributed by atoms with Crippen molar-refractivity contribution < 1.29 is 36.1 Å². The second kappa shape index (κ2) is 15.7. The van der Waals surface area contributed by atoms with Gasteiger partial charge in [0.25, 0.3) is 0 Å². The Balaban J connectivity index is 0.00000523. The van der Waals surface area contributed by atoms with Gasteiger partial charge in [0.15, 0.2) is 0 Å². The Bertz CT molecular complexity index is 1840. The molecular formula is C44H57BrN4O3. The smallest absolute Gasteiger partial charge is 0.316 e. The molecule has 6 atom stereocenters. The van der Waals surface area contributed by atoms with E-state index in [9.17, 15) is 9.90 Å². The van der Waals surface area contributed by atoms with Crippen LogP contribution in [0.3, 0.4) is 0 Å². The molecule has 4 heterocycles. The molecule has 3 N–H and O–H groups in total. The molecule has 4 aromatic rings. The summed E-state index contributed by atoms with van der Waals surface area (Å²) in [7, 11) is 1.68. The van der Waals surface area contributed by atoms with Crippen LogP contribution in [0.4, 0.5) is 4.79 Å². The number of hydrogen-bond acceptors (Lipinski definition) is 4. The molecule has 2 amide bonds. The summed E-state index contributed by atoms with van der Waals surface area (Å²) in [6, 6.07) is 23.8. The number of aliphatic hydroxyl groups excluding tert-OH is 1. The van der Waals surface area contributed by atoms with Crippen molar-refractivity contribution in [1.82, 2.24) is 15.6 Å². The summed E-state index contributed by atoms with van der Waals surface area (Å²) in [5, 5.41) is 17.9. The molecule has 0 radical (unpaired) electrons. The Kier molecular flexibility index (Phi) is 11.9. The lowest BCUT2D eigenvalue weighted by atomic mass is 9.70. The molecule has 5 unspecified atom stereocenters. The lowest BCUT2D eigenvalue weighted by molar-refractivity contribution is -0.983. The SMILES string of the molecule is C=CC1C[N@+]2(Cc3cc(C(C)(C)C)cc(C(C)(C)C)c3)CCC1CC2C(NC(=O)NC(CO)c1ccccc1)c1ccnc2ccc(OC)cc12.[Br-]. The molecule has 0 aliphatic carbocycles. The second-order valence-electron chi connectivity index (χ2n) is 17.0. The number of quaternary nitrogens is 1. The van der Waals surface area contributed by atoms with E-state index in [4.69, 9.17) is 9.72 Å². The zero-order valence-electron chi connectivity index (χ0n) is 32.0. The van der Waals surface area contributed by atoms with E-state index in [1.807, 2.05) is 54.7 Å². The van der Waals surface area contributed by atoms with E-state index in [1.54, 1.807) is 7.11 Å². The molecule has 8 heteroatoms. The van der Waals surface area contributed by atoms with Crippen LogP contribution in [0.1, 0.15) is 94.3 Å². The van der Waals surface area contributed by atoms with Crippen molar-refractivity contribution in [3.8, 4) is 5.75 Å². The van der Waals surface area contributed by atoms with E-state index in [0.717, 1.165) is 64.7 Å². The number of carbonyl (C=O) groups excluding carboxylic acids is 1. The van der Waals surface area contributed by atoms with E-state index >= 15 is 0 Å². The molecule has 0 spiro atoms. The number of aliphatic hydroxyl groups is 1. The number of amides is 2. The van der Waals surface area contributed by atoms with Gasteiger partial charge in [0.2, 0.25) is 0 Å². The highest BCUT2D eigenvalue weighted by atomic mass is 79.9. The molecule has 278 valence electrons. The molecular weight excluding hydrogens is 712 g/mol. The number of rotatable bonds is 10. The summed E-state index contributed by atoms with van der Waals surface area (Å²) < 4.78 is 6.54. The van der Waals surface area contributed by atoms with Gasteiger partial charge in [-0.15, -0.1) is 6.58 Å². The van der Waals surface area contributed by atoms with Crippen molar-refractivity contribution >= 4 is 16.9 Å². The molecule has 0 saturated carbocycles. The van der Waals surface area contributed by atoms with Gasteiger partial charge in [0.1, 0.15) is 24.4 Å². The summed E-state index contributed by atoms with van der Waals surface area (Å²) >= 11 is 0. The molecule has 1 aromatic heterocycles. The third-order valence-corrected chi connectivity index (χ3v) is 11.6. The zero-order chi connectivity index (χ0) is 36.6. The number of benzene rings is 3. The van der Waals surface area contributed by atoms with Crippen molar-refractivity contribution in [2.75, 3.05) is 26.8 Å². The number of halogens is 1. The van der Waals surface area contributed by atoms with Gasteiger partial charge in [0.05, 0.1) is 38.4 Å². The summed E-state index contributed by atoms with van der Waals surface area (Å²) in [6.07, 6.45) is 6.12. The number of methoxy groups -OCH3 is 1. The first kappa shape index (κ1) is 39.5. The molecule has 3 aliphatic rings. The Labute approximate surface area is 321 Å². The van der Waals surface area contributed by atoms with Crippen LogP contribution < -0.4 is 32.4 Å². The first-order valence-corrected chi connectivity index (χ1v) is 18.5. The van der Waals surface area contributed by atoms with Crippen LogP contribution >= 0.6 is 0 Å². The van der Waals surface area contributed by atoms with Crippen LogP contribution in [-0.4, -0.2) is 53.5 Å². The fourth-order valence-electron chi connectivity index (χ4n) is 8.60. The lowest BCUT2D eigenvalue weighted by Gasteiger charge is -2.59. The van der Waals surface area contributed by atoms with Crippen LogP contribution in [0.2, 0.25) is 0 Å². The highest BCUT2D eigenvalue weighted by molar-refractivity contribution is 5.85. The van der Waals surface area contributed by atoms with E-state index < -0.39 is 6.04 Å². The molecule has 3 saturated heterocycles. The molecule has 3 fully saturated rings. The Morgan fingerprint density at radius 2 is 1.69 bits per heavy atom. The van der Waals surface area contributed by atoms with Crippen molar-refractivity contribution in [2.45, 2.75) is 89.9 Å². The van der Waals surface area contributed by atoms with Gasteiger partial charge in [-0.05, 0) is 75.4 Å². The van der Waals surface area contributed by atoms with Gasteiger partial charge in [-0.1, -0.05) is 84.0 Å². The Morgan fingerprint density at radius 3 is 2.31 bits per heavy atom. The summed E-state index contributed by atoms with van der Waals surface area (Å²) in [5.74, 6) is 1.64. The monoisotopic (exact) mass is 768 g/mol. The Hall–Kier alpha value is -3.72. The minimum Gasteiger partial charge on any atom is -1.00 e. The van der Waals surface area contributed by atoms with E-state index in [-0.39, 0.29) is 52.5 Å². The van der Waals surface area contributed by atoms with Crippen molar-refractivity contribution in [3.63, 3.8) is 0 Å². The predicted octanol–water partition coefficient (Wildman–Crippen LogP) is 5.53. The largest absolute Gasteiger partial charge is 1.00 e. The number of aromatic nitrogens is 1. The lowest BCUT2D eigenvalue weighted by Crippen LogP contribution is -3.00. The normalized spacial score (nSPS) is 22.6. The Morgan fingerprint density at radius 1 is 1.00 bits per heavy atom. The highest BCUT2D eigenvalue weighted by Crippen LogP contribution is 2.48. The van der Waals surface area contributed by atoms with Crippen molar-refractivity contribution in [3.05, 3.63) is 119 Å². The average molecular weight is 770 g/mol. The fraction of sp³-hybridized carbons (Fsp3) is 0.455. The third kappa shape index (κ3) is 8.24. The number of carbonyl (C=O) groups is 1. The maximum Gasteiger partial charge on any atom is 0.316 e. The standard InChI is InChI=1S/C44H56N4O3.BrH/c1-9-30-27-48(26-29-21-33(43(2,3)4)24-34(22-29)44(5,6)7)20-18-32(30)23-40(48)41(36-17-19-45-38-16-15-35(51-8)25-37(36)38)47-42(50)46-39(28-49)31-13-11-10-12-14-31;/h9-17,19,21-22,24-25,30,32,39-41,49H,1,18,20,23,26-28H2,2-8H3,(H-,46,47,50);1H/t30?,32?,39?,40?,41?,48-;/m1./s1. The van der Waals surface area contributed by atoms with E-state index in [1.165, 1.54) is 16.7 Å². The minimum atomic E-state index is -0.534. The van der Waals surface area contributed by atoms with E-state index in [2.05, 4.69) is 89.1 Å². The van der Waals surface area contributed by atoms with Crippen molar-refractivity contribution in [1.29, 1.82) is 0 Å². The maximum atomic E-state index is 14.2. The molecule has 52 heavy (non-hydrogen) atoms. The quantitative estimate of drug-likeness (QED) is 0.147. The highest BCUT2D eigenvalue weighted by Gasteiger charge is 2.54. The number of piperidine rings is 3. The van der Waals surface area contributed by atoms with Crippen LogP contribution in [-0.2, 0) is 17.4 Å². The van der Waals surface area contributed by atoms with Gasteiger partial charge in [0, 0.05) is 35.9 Å². The first-order valence-electron chi connectivity index (χ1n) is 18.5. The topological polar surface area (TPSA) is 83.5 Å². The van der Waals surface area contributed by atoms with Crippen LogP contribution in [0.15, 0.2) is 91.6 Å². The summed E-state index contributed by atoms with van der Waals surface area (Å²) in [6.45, 7) is 20.7. The predicted molar refractivity (Wildman–Crippen MR) is 207 cm³/mol. The number of ether oxygens (including phenoxy) is 1. The average Bonchev–Trinajstić information content (AvgIpc) is 3.12. The van der Waals surface area contributed by atoms with Crippen molar-refractivity contribution in [2.24, 2.45) is 11.8 Å². The second-order valence-corrected chi connectivity index (χ2v) is 17.0. The van der Waals surface area contributed by atoms with E-state index in [0.29, 0.717) is 11.8 Å². The van der Waals surface area contributed by atoms with Gasteiger partial charge in [-0.3, -0.25) is 4.98 Å². The molecule has 3 aliphatic heterocycles. The maximum absolute atomic E-state index is 14.2. The number of nitrogens with zero attached hydrogens (tertiary/aromatic N) is 2. The summed E-state index contributed by atoms with van der Waals surface area (Å²) in [5.41, 5.74) is 6.80. The number of urea groups is 1. The third-order valence-electron chi connectivity index (χ3n) is 11.6. The molecule has 3 aromatic carbocycles. The van der Waals surface area contributed by atoms with Gasteiger partial charge in [-0.2, -0.15) is 0 Å². The van der Waals surface area contributed by atoms with Crippen LogP contribution in [0.5, 0.6) is 5.75 Å². The molecule has 7 nitrogen and oxygen atoms in total. The number of pyridine rings is 1. The first-order chi connectivity index (χ1) is 24.2. The zero-order valence-corrected chi connectivity index (χ0v) is 33.5. The van der Waals surface area contributed by atoms with Gasteiger partial charge < -0.3 is 41.9 Å². The number of hydrogen-bond donors (Lipinski definition) is 3. The van der Waals surface area contributed by atoms with Gasteiger partial charge in [-0.25, -0.2) is 4.79 Å². The van der Waals surface area contributed by atoms with Crippen LogP contribution in [0.25, 0.3) is 10.9 Å². The van der Waals surface area contributed by atoms with Gasteiger partial charge >= 0.3 is 6.03 Å². The molecule has 7 rings (SSSR count). The fourth-order valence-corrected chi connectivity index (χ4v) is 8.60. The molecule has 2 bridgehead atoms. The van der Waals surface area contributed by atoms with Crippen LogP contribution in [0, 0.1) is 11.8 Å². The number of fused-ring (bicyclic) bond motifs is 4. The number of nitrogens with one attached hydrogen (secondary N) is 2. The summed E-state index contributed by atoms with van der Waals surface area (Å²) in [4.78, 5) is 18.9.